The van der Waals surface area contributed by atoms with Gasteiger partial charge in [-0.1, -0.05) is 12.1 Å². The van der Waals surface area contributed by atoms with Gasteiger partial charge in [-0.25, -0.2) is 4.98 Å². The molecule has 2 aliphatic heterocycles. The second kappa shape index (κ2) is 7.84. The first-order chi connectivity index (χ1) is 13.2. The number of amides is 1. The molecule has 2 fully saturated rings. The van der Waals surface area contributed by atoms with Gasteiger partial charge in [-0.15, -0.1) is 0 Å². The second-order valence-corrected chi connectivity index (χ2v) is 6.74. The van der Waals surface area contributed by atoms with E-state index >= 15 is 0 Å². The van der Waals surface area contributed by atoms with Crippen molar-refractivity contribution in [3.05, 3.63) is 48.2 Å². The van der Waals surface area contributed by atoms with Crippen LogP contribution in [0.2, 0.25) is 0 Å². The molecule has 1 amide bonds. The fraction of sp³-hybridized carbons (Fsp3) is 0.400. The van der Waals surface area contributed by atoms with Crippen LogP contribution in [0.5, 0.6) is 5.75 Å². The van der Waals surface area contributed by atoms with Crippen molar-refractivity contribution in [1.29, 1.82) is 0 Å². The third kappa shape index (κ3) is 3.68. The van der Waals surface area contributed by atoms with E-state index in [2.05, 4.69) is 14.8 Å². The normalized spacial score (nSPS) is 17.9. The summed E-state index contributed by atoms with van der Waals surface area (Å²) in [7, 11) is 0. The van der Waals surface area contributed by atoms with Crippen LogP contribution in [0.3, 0.4) is 0 Å². The Labute approximate surface area is 158 Å². The van der Waals surface area contributed by atoms with Crippen LogP contribution in [0.1, 0.15) is 10.4 Å². The highest BCUT2D eigenvalue weighted by Crippen LogP contribution is 2.28. The molecule has 0 bridgehead atoms. The molecule has 4 rings (SSSR count). The van der Waals surface area contributed by atoms with Crippen molar-refractivity contribution in [3.8, 4) is 5.75 Å². The molecule has 0 unspecified atom stereocenters. The van der Waals surface area contributed by atoms with Gasteiger partial charge in [0.25, 0.3) is 5.91 Å². The molecule has 1 aromatic carbocycles. The van der Waals surface area contributed by atoms with Gasteiger partial charge in [-0.3, -0.25) is 4.79 Å². The van der Waals surface area contributed by atoms with Crippen LogP contribution >= 0.6 is 0 Å². The summed E-state index contributed by atoms with van der Waals surface area (Å²) in [6.07, 6.45) is 1.73. The molecule has 3 heterocycles. The Morgan fingerprint density at radius 2 is 1.67 bits per heavy atom. The fourth-order valence-corrected chi connectivity index (χ4v) is 3.64. The minimum Gasteiger partial charge on any atom is -0.506 e. The number of benzene rings is 1. The molecule has 7 nitrogen and oxygen atoms in total. The Kier molecular flexibility index (Phi) is 5.11. The van der Waals surface area contributed by atoms with Gasteiger partial charge >= 0.3 is 0 Å². The highest BCUT2D eigenvalue weighted by Gasteiger charge is 2.27. The number of phenolic OH excluding ortho intramolecular Hbond substituents is 1. The number of piperazine rings is 1. The molecule has 0 saturated carbocycles. The lowest BCUT2D eigenvalue weighted by atomic mass is 10.1. The number of nitrogens with zero attached hydrogens (tertiary/aromatic N) is 4. The summed E-state index contributed by atoms with van der Waals surface area (Å²) < 4.78 is 5.41. The fourth-order valence-electron chi connectivity index (χ4n) is 3.64. The molecular weight excluding hydrogens is 344 g/mol. The van der Waals surface area contributed by atoms with E-state index in [0.29, 0.717) is 45.0 Å². The lowest BCUT2D eigenvalue weighted by molar-refractivity contribution is 0.0745. The molecule has 0 spiro atoms. The number of aromatic nitrogens is 1. The predicted octanol–water partition coefficient (Wildman–Crippen LogP) is 1.59. The Morgan fingerprint density at radius 3 is 2.41 bits per heavy atom. The number of carbonyl (C=O) groups is 1. The van der Waals surface area contributed by atoms with Gasteiger partial charge in [0.2, 0.25) is 0 Å². The van der Waals surface area contributed by atoms with Crippen LogP contribution in [0.4, 0.5) is 11.5 Å². The minimum atomic E-state index is 0.0153. The number of pyridine rings is 1. The van der Waals surface area contributed by atoms with Crippen LogP contribution in [-0.2, 0) is 4.74 Å². The summed E-state index contributed by atoms with van der Waals surface area (Å²) in [6, 6.07) is 11.0. The largest absolute Gasteiger partial charge is 0.506 e. The average Bonchev–Trinajstić information content (AvgIpc) is 2.74. The number of rotatable bonds is 3. The number of hydrogen-bond acceptors (Lipinski definition) is 6. The third-order valence-corrected chi connectivity index (χ3v) is 5.12. The van der Waals surface area contributed by atoms with E-state index in [9.17, 15) is 9.90 Å². The lowest BCUT2D eigenvalue weighted by Crippen LogP contribution is -2.49. The molecule has 1 aromatic heterocycles. The van der Waals surface area contributed by atoms with Crippen LogP contribution in [-0.4, -0.2) is 73.4 Å². The molecule has 0 atom stereocenters. The molecule has 2 aromatic rings. The number of phenols is 1. The maximum Gasteiger partial charge on any atom is 0.257 e. The molecule has 27 heavy (non-hydrogen) atoms. The van der Waals surface area contributed by atoms with Gasteiger partial charge in [0.15, 0.2) is 0 Å². The van der Waals surface area contributed by atoms with E-state index < -0.39 is 0 Å². The summed E-state index contributed by atoms with van der Waals surface area (Å²) in [5.41, 5.74) is 1.47. The smallest absolute Gasteiger partial charge is 0.257 e. The Morgan fingerprint density at radius 1 is 0.926 bits per heavy atom. The summed E-state index contributed by atoms with van der Waals surface area (Å²) in [5, 5.41) is 10.1. The number of hydrogen-bond donors (Lipinski definition) is 1. The van der Waals surface area contributed by atoms with Crippen molar-refractivity contribution in [3.63, 3.8) is 0 Å². The van der Waals surface area contributed by atoms with Gasteiger partial charge in [0.05, 0.1) is 24.5 Å². The van der Waals surface area contributed by atoms with E-state index in [1.54, 1.807) is 12.3 Å². The number of carbonyl (C=O) groups excluding carboxylic acids is 1. The Hall–Kier alpha value is -2.80. The topological polar surface area (TPSA) is 69.1 Å². The predicted molar refractivity (Wildman–Crippen MR) is 103 cm³/mol. The molecule has 142 valence electrons. The van der Waals surface area contributed by atoms with Crippen molar-refractivity contribution < 1.29 is 14.6 Å². The highest BCUT2D eigenvalue weighted by molar-refractivity contribution is 5.99. The van der Waals surface area contributed by atoms with E-state index in [0.717, 1.165) is 24.6 Å². The number of ether oxygens (including phenoxy) is 1. The van der Waals surface area contributed by atoms with E-state index in [4.69, 9.17) is 4.74 Å². The van der Waals surface area contributed by atoms with E-state index in [1.165, 1.54) is 0 Å². The molecule has 0 radical (unpaired) electrons. The standard InChI is InChI=1S/C20H24N4O3/c25-18-6-2-1-5-17(18)22-8-10-24(11-9-22)20(26)16-4-3-7-21-19(16)23-12-14-27-15-13-23/h1-7,25H,8-15H2. The SMILES string of the molecule is O=C(c1cccnc1N1CCOCC1)N1CCN(c2ccccc2O)CC1. The maximum atomic E-state index is 13.1. The summed E-state index contributed by atoms with van der Waals surface area (Å²) in [5.74, 6) is 1.04. The van der Waals surface area contributed by atoms with Gasteiger partial charge in [-0.05, 0) is 24.3 Å². The Balaban J connectivity index is 1.46. The molecule has 2 saturated heterocycles. The molecule has 1 N–H and O–H groups in total. The maximum absolute atomic E-state index is 13.1. The van der Waals surface area contributed by atoms with Crippen LogP contribution in [0.25, 0.3) is 0 Å². The van der Waals surface area contributed by atoms with Gasteiger partial charge in [0, 0.05) is 45.5 Å². The summed E-state index contributed by atoms with van der Waals surface area (Å²) >= 11 is 0. The van der Waals surface area contributed by atoms with Crippen molar-refractivity contribution in [2.24, 2.45) is 0 Å². The number of morpholine rings is 1. The van der Waals surface area contributed by atoms with Crippen molar-refractivity contribution in [2.45, 2.75) is 0 Å². The molecule has 0 aliphatic carbocycles. The zero-order valence-electron chi connectivity index (χ0n) is 15.3. The molecule has 2 aliphatic rings. The number of aromatic hydroxyl groups is 1. The van der Waals surface area contributed by atoms with Gasteiger partial charge < -0.3 is 24.5 Å². The van der Waals surface area contributed by atoms with E-state index in [-0.39, 0.29) is 11.7 Å². The van der Waals surface area contributed by atoms with Crippen LogP contribution in [0, 0.1) is 0 Å². The van der Waals surface area contributed by atoms with Gasteiger partial charge in [-0.2, -0.15) is 0 Å². The number of anilines is 2. The monoisotopic (exact) mass is 368 g/mol. The summed E-state index contributed by atoms with van der Waals surface area (Å²) in [6.45, 7) is 5.42. The first-order valence-electron chi connectivity index (χ1n) is 9.34. The third-order valence-electron chi connectivity index (χ3n) is 5.12. The van der Waals surface area contributed by atoms with Crippen molar-refractivity contribution >= 4 is 17.4 Å². The van der Waals surface area contributed by atoms with Crippen LogP contribution < -0.4 is 9.80 Å². The zero-order chi connectivity index (χ0) is 18.6. The van der Waals surface area contributed by atoms with Gasteiger partial charge in [0.1, 0.15) is 11.6 Å². The molecular formula is C20H24N4O3. The minimum absolute atomic E-state index is 0.0153. The van der Waals surface area contributed by atoms with Crippen LogP contribution in [0.15, 0.2) is 42.6 Å². The second-order valence-electron chi connectivity index (χ2n) is 6.74. The quantitative estimate of drug-likeness (QED) is 0.887. The lowest BCUT2D eigenvalue weighted by Gasteiger charge is -2.37. The average molecular weight is 368 g/mol. The Bertz CT molecular complexity index is 799. The van der Waals surface area contributed by atoms with Crippen molar-refractivity contribution in [1.82, 2.24) is 9.88 Å². The number of para-hydroxylation sites is 2. The first kappa shape index (κ1) is 17.6. The zero-order valence-corrected chi connectivity index (χ0v) is 15.3. The van der Waals surface area contributed by atoms with E-state index in [1.807, 2.05) is 35.2 Å². The molecule has 7 heteroatoms. The van der Waals surface area contributed by atoms with Crippen molar-refractivity contribution in [2.75, 3.05) is 62.3 Å². The first-order valence-corrected chi connectivity index (χ1v) is 9.34. The summed E-state index contributed by atoms with van der Waals surface area (Å²) in [4.78, 5) is 23.7. The highest BCUT2D eigenvalue weighted by atomic mass is 16.5.